The van der Waals surface area contributed by atoms with E-state index in [1.807, 2.05) is 6.20 Å². The van der Waals surface area contributed by atoms with Crippen LogP contribution in [0, 0.1) is 6.92 Å². The molecule has 1 fully saturated rings. The molecule has 1 aliphatic rings. The highest BCUT2D eigenvalue weighted by molar-refractivity contribution is 5.52. The van der Waals surface area contributed by atoms with Crippen molar-refractivity contribution in [3.8, 4) is 0 Å². The molecule has 1 saturated heterocycles. The minimum atomic E-state index is 1.04. The van der Waals surface area contributed by atoms with Crippen LogP contribution in [0.1, 0.15) is 12.5 Å². The number of nitrogens with zero attached hydrogens (tertiary/aromatic N) is 4. The van der Waals surface area contributed by atoms with Gasteiger partial charge in [-0.2, -0.15) is 0 Å². The molecule has 0 amide bonds. The summed E-state index contributed by atoms with van der Waals surface area (Å²) in [5.41, 5.74) is 2.31. The SMILES string of the molecule is CCN1CCN(c2cnc3ccc(C)cn23)CC1. The van der Waals surface area contributed by atoms with Crippen molar-refractivity contribution >= 4 is 11.5 Å². The Balaban J connectivity index is 1.88. The van der Waals surface area contributed by atoms with Crippen LogP contribution in [0.5, 0.6) is 0 Å². The smallest absolute Gasteiger partial charge is 0.138 e. The molecule has 2 aromatic rings. The lowest BCUT2D eigenvalue weighted by atomic mass is 10.3. The molecule has 96 valence electrons. The fourth-order valence-electron chi connectivity index (χ4n) is 2.60. The molecule has 2 aromatic heterocycles. The second-order valence-corrected chi connectivity index (χ2v) is 4.97. The summed E-state index contributed by atoms with van der Waals surface area (Å²) < 4.78 is 2.21. The molecular formula is C14H20N4. The van der Waals surface area contributed by atoms with Crippen molar-refractivity contribution in [1.29, 1.82) is 0 Å². The number of likely N-dealkylation sites (N-methyl/N-ethyl adjacent to an activating group) is 1. The van der Waals surface area contributed by atoms with Crippen molar-refractivity contribution in [2.75, 3.05) is 37.6 Å². The Morgan fingerprint density at radius 2 is 1.94 bits per heavy atom. The van der Waals surface area contributed by atoms with Gasteiger partial charge < -0.3 is 9.80 Å². The molecule has 0 spiro atoms. The van der Waals surface area contributed by atoms with Crippen LogP contribution in [-0.4, -0.2) is 47.0 Å². The Hall–Kier alpha value is -1.55. The van der Waals surface area contributed by atoms with E-state index in [4.69, 9.17) is 0 Å². The van der Waals surface area contributed by atoms with Gasteiger partial charge in [0.2, 0.25) is 0 Å². The highest BCUT2D eigenvalue weighted by Crippen LogP contribution is 2.19. The first-order chi connectivity index (χ1) is 8.78. The van der Waals surface area contributed by atoms with Crippen LogP contribution in [-0.2, 0) is 0 Å². The largest absolute Gasteiger partial charge is 0.354 e. The van der Waals surface area contributed by atoms with E-state index in [9.17, 15) is 0 Å². The molecule has 0 saturated carbocycles. The van der Waals surface area contributed by atoms with Crippen LogP contribution in [0.3, 0.4) is 0 Å². The van der Waals surface area contributed by atoms with Crippen molar-refractivity contribution in [3.63, 3.8) is 0 Å². The molecule has 4 heteroatoms. The average Bonchev–Trinajstić information content (AvgIpc) is 2.82. The van der Waals surface area contributed by atoms with Crippen LogP contribution in [0.15, 0.2) is 24.5 Å². The number of aryl methyl sites for hydroxylation is 1. The average molecular weight is 244 g/mol. The van der Waals surface area contributed by atoms with E-state index in [2.05, 4.69) is 51.4 Å². The fraction of sp³-hybridized carbons (Fsp3) is 0.500. The third kappa shape index (κ3) is 1.97. The zero-order valence-electron chi connectivity index (χ0n) is 11.1. The van der Waals surface area contributed by atoms with Gasteiger partial charge in [-0.05, 0) is 25.1 Å². The zero-order valence-corrected chi connectivity index (χ0v) is 11.1. The summed E-state index contributed by atoms with van der Waals surface area (Å²) in [4.78, 5) is 9.41. The van der Waals surface area contributed by atoms with Crippen molar-refractivity contribution in [3.05, 3.63) is 30.1 Å². The molecule has 3 heterocycles. The second kappa shape index (κ2) is 4.61. The molecule has 0 atom stereocenters. The van der Waals surface area contributed by atoms with Gasteiger partial charge in [-0.25, -0.2) is 4.98 Å². The van der Waals surface area contributed by atoms with E-state index in [1.165, 1.54) is 11.4 Å². The van der Waals surface area contributed by atoms with Gasteiger partial charge in [-0.15, -0.1) is 0 Å². The number of rotatable bonds is 2. The van der Waals surface area contributed by atoms with Crippen LogP contribution < -0.4 is 4.90 Å². The molecule has 18 heavy (non-hydrogen) atoms. The van der Waals surface area contributed by atoms with E-state index >= 15 is 0 Å². The highest BCUT2D eigenvalue weighted by Gasteiger charge is 2.18. The first kappa shape index (κ1) is 11.5. The number of hydrogen-bond donors (Lipinski definition) is 0. The molecule has 0 aromatic carbocycles. The van der Waals surface area contributed by atoms with Gasteiger partial charge in [0, 0.05) is 32.4 Å². The van der Waals surface area contributed by atoms with Crippen LogP contribution in [0.4, 0.5) is 5.82 Å². The van der Waals surface area contributed by atoms with Crippen molar-refractivity contribution < 1.29 is 0 Å². The lowest BCUT2D eigenvalue weighted by Gasteiger charge is -2.34. The number of pyridine rings is 1. The monoisotopic (exact) mass is 244 g/mol. The van der Waals surface area contributed by atoms with E-state index < -0.39 is 0 Å². The summed E-state index contributed by atoms with van der Waals surface area (Å²) >= 11 is 0. The van der Waals surface area contributed by atoms with Crippen LogP contribution in [0.25, 0.3) is 5.65 Å². The Kier molecular flexibility index (Phi) is 2.96. The third-order valence-corrected chi connectivity index (χ3v) is 3.78. The molecule has 0 radical (unpaired) electrons. The predicted molar refractivity (Wildman–Crippen MR) is 74.3 cm³/mol. The molecule has 3 rings (SSSR count). The summed E-state index contributed by atoms with van der Waals surface area (Å²) in [5, 5.41) is 0. The molecule has 0 N–H and O–H groups in total. The van der Waals surface area contributed by atoms with Gasteiger partial charge in [-0.3, -0.25) is 4.40 Å². The van der Waals surface area contributed by atoms with Crippen molar-refractivity contribution in [1.82, 2.24) is 14.3 Å². The summed E-state index contributed by atoms with van der Waals surface area (Å²) in [6, 6.07) is 4.20. The first-order valence-corrected chi connectivity index (χ1v) is 6.69. The molecular weight excluding hydrogens is 224 g/mol. The van der Waals surface area contributed by atoms with Crippen LogP contribution >= 0.6 is 0 Å². The van der Waals surface area contributed by atoms with Gasteiger partial charge in [0.1, 0.15) is 11.5 Å². The number of fused-ring (bicyclic) bond motifs is 1. The maximum absolute atomic E-state index is 4.48. The Bertz CT molecular complexity index is 538. The minimum Gasteiger partial charge on any atom is -0.354 e. The second-order valence-electron chi connectivity index (χ2n) is 4.97. The minimum absolute atomic E-state index is 1.04. The van der Waals surface area contributed by atoms with E-state index in [-0.39, 0.29) is 0 Å². The zero-order chi connectivity index (χ0) is 12.5. The van der Waals surface area contributed by atoms with Crippen LogP contribution in [0.2, 0.25) is 0 Å². The third-order valence-electron chi connectivity index (χ3n) is 3.78. The van der Waals surface area contributed by atoms with Crippen molar-refractivity contribution in [2.45, 2.75) is 13.8 Å². The molecule has 0 aliphatic carbocycles. The molecule has 1 aliphatic heterocycles. The van der Waals surface area contributed by atoms with E-state index in [0.29, 0.717) is 0 Å². The van der Waals surface area contributed by atoms with Gasteiger partial charge in [0.05, 0.1) is 6.20 Å². The molecule has 0 unspecified atom stereocenters. The summed E-state index contributed by atoms with van der Waals surface area (Å²) in [6.45, 7) is 9.99. The van der Waals surface area contributed by atoms with Gasteiger partial charge in [0.15, 0.2) is 0 Å². The Morgan fingerprint density at radius 1 is 1.17 bits per heavy atom. The van der Waals surface area contributed by atoms with E-state index in [0.717, 1.165) is 38.4 Å². The number of piperazine rings is 1. The van der Waals surface area contributed by atoms with Gasteiger partial charge in [0.25, 0.3) is 0 Å². The van der Waals surface area contributed by atoms with Gasteiger partial charge in [-0.1, -0.05) is 13.0 Å². The Morgan fingerprint density at radius 3 is 2.67 bits per heavy atom. The summed E-state index contributed by atoms with van der Waals surface area (Å²) in [7, 11) is 0. The molecule has 0 bridgehead atoms. The number of aromatic nitrogens is 2. The van der Waals surface area contributed by atoms with Gasteiger partial charge >= 0.3 is 0 Å². The number of anilines is 1. The lowest BCUT2D eigenvalue weighted by molar-refractivity contribution is 0.270. The normalized spacial score (nSPS) is 17.6. The maximum atomic E-state index is 4.48. The predicted octanol–water partition coefficient (Wildman–Crippen LogP) is 1.78. The molecule has 4 nitrogen and oxygen atoms in total. The van der Waals surface area contributed by atoms with Crippen molar-refractivity contribution in [2.24, 2.45) is 0 Å². The maximum Gasteiger partial charge on any atom is 0.138 e. The number of imidazole rings is 1. The van der Waals surface area contributed by atoms with E-state index in [1.54, 1.807) is 0 Å². The quantitative estimate of drug-likeness (QED) is 0.804. The summed E-state index contributed by atoms with van der Waals surface area (Å²) in [6.07, 6.45) is 4.17. The topological polar surface area (TPSA) is 23.8 Å². The lowest BCUT2D eigenvalue weighted by Crippen LogP contribution is -2.46. The number of hydrogen-bond acceptors (Lipinski definition) is 3. The standard InChI is InChI=1S/C14H20N4/c1-3-16-6-8-17(9-7-16)14-10-15-13-5-4-12(2)11-18(13)14/h4-5,10-11H,3,6-9H2,1-2H3. The Labute approximate surface area is 108 Å². The fourth-order valence-corrected chi connectivity index (χ4v) is 2.60. The highest BCUT2D eigenvalue weighted by atomic mass is 15.3. The summed E-state index contributed by atoms with van der Waals surface area (Å²) in [5.74, 6) is 1.23. The first-order valence-electron chi connectivity index (χ1n) is 6.69.